The molecule has 1 aliphatic carbocycles. The van der Waals surface area contributed by atoms with Crippen molar-refractivity contribution >= 4 is 27.5 Å². The summed E-state index contributed by atoms with van der Waals surface area (Å²) in [5.74, 6) is 1.24. The molecule has 0 heterocycles. The van der Waals surface area contributed by atoms with Gasteiger partial charge in [-0.25, -0.2) is 0 Å². The molecular formula is C20H23BrN2O2. The van der Waals surface area contributed by atoms with Crippen LogP contribution >= 0.6 is 15.9 Å². The fourth-order valence-corrected chi connectivity index (χ4v) is 3.12. The van der Waals surface area contributed by atoms with Gasteiger partial charge in [0.15, 0.2) is 0 Å². The number of nitrogens with one attached hydrogen (secondary N) is 2. The van der Waals surface area contributed by atoms with E-state index in [9.17, 15) is 4.79 Å². The number of hydrogen-bond donors (Lipinski definition) is 2. The first kappa shape index (κ1) is 18.0. The average molecular weight is 403 g/mol. The molecule has 1 atom stereocenters. The van der Waals surface area contributed by atoms with E-state index in [2.05, 4.69) is 51.7 Å². The Hall–Kier alpha value is -1.85. The Morgan fingerprint density at radius 3 is 2.60 bits per heavy atom. The second-order valence-corrected chi connectivity index (χ2v) is 7.36. The quantitative estimate of drug-likeness (QED) is 0.707. The topological polar surface area (TPSA) is 50.4 Å². The van der Waals surface area contributed by atoms with Gasteiger partial charge < -0.3 is 15.4 Å². The Kier molecular flexibility index (Phi) is 5.76. The fraction of sp³-hybridized carbons (Fsp3) is 0.350. The smallest absolute Gasteiger partial charge is 0.227 e. The van der Waals surface area contributed by atoms with Crippen LogP contribution in [0.1, 0.15) is 36.9 Å². The van der Waals surface area contributed by atoms with E-state index in [0.717, 1.165) is 34.3 Å². The minimum Gasteiger partial charge on any atom is -0.496 e. The molecule has 2 aromatic carbocycles. The van der Waals surface area contributed by atoms with E-state index in [0.29, 0.717) is 6.54 Å². The number of methoxy groups -OCH3 is 1. The maximum atomic E-state index is 11.8. The summed E-state index contributed by atoms with van der Waals surface area (Å²) in [5, 5.41) is 6.49. The second kappa shape index (κ2) is 8.02. The van der Waals surface area contributed by atoms with Gasteiger partial charge >= 0.3 is 0 Å². The molecule has 1 saturated carbocycles. The Morgan fingerprint density at radius 2 is 1.96 bits per heavy atom. The van der Waals surface area contributed by atoms with Crippen molar-refractivity contribution in [2.45, 2.75) is 32.4 Å². The van der Waals surface area contributed by atoms with Crippen molar-refractivity contribution in [3.05, 3.63) is 58.1 Å². The van der Waals surface area contributed by atoms with Gasteiger partial charge in [-0.2, -0.15) is 0 Å². The van der Waals surface area contributed by atoms with Gasteiger partial charge in [0.1, 0.15) is 5.75 Å². The van der Waals surface area contributed by atoms with Gasteiger partial charge in [0.25, 0.3) is 0 Å². The number of rotatable bonds is 7. The summed E-state index contributed by atoms with van der Waals surface area (Å²) < 4.78 is 6.45. The van der Waals surface area contributed by atoms with Crippen LogP contribution in [0.2, 0.25) is 0 Å². The molecule has 4 nitrogen and oxygen atoms in total. The van der Waals surface area contributed by atoms with Crippen LogP contribution in [0.5, 0.6) is 5.75 Å². The molecule has 0 aliphatic heterocycles. The first-order valence-corrected chi connectivity index (χ1v) is 9.32. The summed E-state index contributed by atoms with van der Waals surface area (Å²) in [6.45, 7) is 2.84. The zero-order valence-electron chi connectivity index (χ0n) is 14.5. The van der Waals surface area contributed by atoms with E-state index in [-0.39, 0.29) is 17.9 Å². The number of hydrogen-bond acceptors (Lipinski definition) is 3. The van der Waals surface area contributed by atoms with E-state index < -0.39 is 0 Å². The highest BCUT2D eigenvalue weighted by atomic mass is 79.9. The lowest BCUT2D eigenvalue weighted by atomic mass is 10.1. The summed E-state index contributed by atoms with van der Waals surface area (Å²) in [5.41, 5.74) is 3.15. The normalized spacial score (nSPS) is 14.8. The van der Waals surface area contributed by atoms with E-state index >= 15 is 0 Å². The third-order valence-corrected chi connectivity index (χ3v) is 4.96. The molecule has 1 fully saturated rings. The lowest BCUT2D eigenvalue weighted by molar-refractivity contribution is -0.117. The minimum atomic E-state index is 0.140. The third-order valence-electron chi connectivity index (χ3n) is 4.47. The van der Waals surface area contributed by atoms with Crippen molar-refractivity contribution in [2.75, 3.05) is 12.4 Å². The van der Waals surface area contributed by atoms with Crippen LogP contribution in [0, 0.1) is 5.92 Å². The molecule has 3 rings (SSSR count). The molecule has 0 spiro atoms. The van der Waals surface area contributed by atoms with Gasteiger partial charge in [-0.15, -0.1) is 0 Å². The number of anilines is 1. The molecule has 5 heteroatoms. The molecule has 25 heavy (non-hydrogen) atoms. The van der Waals surface area contributed by atoms with Crippen molar-refractivity contribution in [1.29, 1.82) is 0 Å². The van der Waals surface area contributed by atoms with Crippen molar-refractivity contribution in [1.82, 2.24) is 5.32 Å². The Balaban J connectivity index is 1.58. The lowest BCUT2D eigenvalue weighted by Gasteiger charge is -2.16. The van der Waals surface area contributed by atoms with Crippen LogP contribution in [0.4, 0.5) is 5.69 Å². The van der Waals surface area contributed by atoms with Crippen molar-refractivity contribution in [3.63, 3.8) is 0 Å². The fourth-order valence-electron chi connectivity index (χ4n) is 2.71. The van der Waals surface area contributed by atoms with Crippen LogP contribution in [-0.4, -0.2) is 13.0 Å². The summed E-state index contributed by atoms with van der Waals surface area (Å²) in [6, 6.07) is 14.2. The summed E-state index contributed by atoms with van der Waals surface area (Å²) in [7, 11) is 1.69. The summed E-state index contributed by atoms with van der Waals surface area (Å²) >= 11 is 3.50. The third kappa shape index (κ3) is 4.83. The predicted octanol–water partition coefficient (Wildman–Crippen LogP) is 4.66. The van der Waals surface area contributed by atoms with Gasteiger partial charge in [-0.1, -0.05) is 28.1 Å². The standard InChI is InChI=1S/C20H23BrN2O2/c1-13(22-12-16-11-17(21)7-10-19(16)25-2)14-5-8-18(9-6-14)23-20(24)15-3-4-15/h5-11,13,15,22H,3-4,12H2,1-2H3,(H,23,24)/t13-/m0/s1. The zero-order valence-corrected chi connectivity index (χ0v) is 16.1. The number of halogens is 1. The highest BCUT2D eigenvalue weighted by Gasteiger charge is 2.29. The first-order valence-electron chi connectivity index (χ1n) is 8.53. The van der Waals surface area contributed by atoms with Crippen LogP contribution in [0.3, 0.4) is 0 Å². The molecular weight excluding hydrogens is 380 g/mol. The molecule has 0 bridgehead atoms. The van der Waals surface area contributed by atoms with Crippen molar-refractivity contribution < 1.29 is 9.53 Å². The van der Waals surface area contributed by atoms with Crippen molar-refractivity contribution in [3.8, 4) is 5.75 Å². The molecule has 132 valence electrons. The van der Waals surface area contributed by atoms with Crippen molar-refractivity contribution in [2.24, 2.45) is 5.92 Å². The molecule has 2 aromatic rings. The van der Waals surface area contributed by atoms with E-state index in [1.54, 1.807) is 7.11 Å². The molecule has 0 aromatic heterocycles. The summed E-state index contributed by atoms with van der Waals surface area (Å²) in [6.07, 6.45) is 2.04. The first-order chi connectivity index (χ1) is 12.1. The molecule has 1 aliphatic rings. The Labute approximate surface area is 157 Å². The lowest BCUT2D eigenvalue weighted by Crippen LogP contribution is -2.18. The second-order valence-electron chi connectivity index (χ2n) is 6.44. The maximum Gasteiger partial charge on any atom is 0.227 e. The zero-order chi connectivity index (χ0) is 17.8. The van der Waals surface area contributed by atoms with Gasteiger partial charge in [-0.3, -0.25) is 4.79 Å². The highest BCUT2D eigenvalue weighted by molar-refractivity contribution is 9.10. The molecule has 0 saturated heterocycles. The average Bonchev–Trinajstić information content (AvgIpc) is 3.45. The Bertz CT molecular complexity index is 742. The van der Waals surface area contributed by atoms with Crippen LogP contribution < -0.4 is 15.4 Å². The molecule has 0 unspecified atom stereocenters. The number of carbonyl (C=O) groups excluding carboxylic acids is 1. The van der Waals surface area contributed by atoms with Gasteiger partial charge in [0.2, 0.25) is 5.91 Å². The monoisotopic (exact) mass is 402 g/mol. The highest BCUT2D eigenvalue weighted by Crippen LogP contribution is 2.30. The van der Waals surface area contributed by atoms with Gasteiger partial charge in [0.05, 0.1) is 7.11 Å². The number of carbonyl (C=O) groups is 1. The Morgan fingerprint density at radius 1 is 1.24 bits per heavy atom. The number of benzene rings is 2. The van der Waals surface area contributed by atoms with Crippen LogP contribution in [0.25, 0.3) is 0 Å². The van der Waals surface area contributed by atoms with E-state index in [4.69, 9.17) is 4.74 Å². The van der Waals surface area contributed by atoms with Gasteiger partial charge in [-0.05, 0) is 55.7 Å². The molecule has 2 N–H and O–H groups in total. The van der Waals surface area contributed by atoms with E-state index in [1.165, 1.54) is 5.56 Å². The van der Waals surface area contributed by atoms with Crippen LogP contribution in [0.15, 0.2) is 46.9 Å². The number of ether oxygens (including phenoxy) is 1. The number of amides is 1. The largest absolute Gasteiger partial charge is 0.496 e. The van der Waals surface area contributed by atoms with Crippen LogP contribution in [-0.2, 0) is 11.3 Å². The minimum absolute atomic E-state index is 0.140. The summed E-state index contributed by atoms with van der Waals surface area (Å²) in [4.78, 5) is 11.8. The SMILES string of the molecule is COc1ccc(Br)cc1CN[C@@H](C)c1ccc(NC(=O)C2CC2)cc1. The maximum absolute atomic E-state index is 11.8. The van der Waals surface area contributed by atoms with E-state index in [1.807, 2.05) is 24.3 Å². The molecule has 0 radical (unpaired) electrons. The molecule has 1 amide bonds. The van der Waals surface area contributed by atoms with Gasteiger partial charge in [0, 0.05) is 34.2 Å². The predicted molar refractivity (Wildman–Crippen MR) is 104 cm³/mol.